The Bertz CT molecular complexity index is 370. The third kappa shape index (κ3) is 4.90. The summed E-state index contributed by atoms with van der Waals surface area (Å²) in [6, 6.07) is 7.64. The smallest absolute Gasteiger partial charge is 0.251 e. The number of benzene rings is 1. The van der Waals surface area contributed by atoms with Gasteiger partial charge in [0.2, 0.25) is 0 Å². The molecule has 0 saturated heterocycles. The minimum Gasteiger partial charge on any atom is -0.352 e. The Morgan fingerprint density at radius 3 is 2.41 bits per heavy atom. The molecule has 0 aromatic heterocycles. The maximum absolute atomic E-state index is 11.9. The molecule has 0 radical (unpaired) electrons. The van der Waals surface area contributed by atoms with Crippen LogP contribution in [0.3, 0.4) is 0 Å². The predicted molar refractivity (Wildman–Crippen MR) is 75.7 cm³/mol. The minimum absolute atomic E-state index is 0.00708. The fourth-order valence-corrected chi connectivity index (χ4v) is 2.54. The van der Waals surface area contributed by atoms with Crippen molar-refractivity contribution < 1.29 is 4.79 Å². The van der Waals surface area contributed by atoms with Gasteiger partial charge in [-0.15, -0.1) is 0 Å². The molecule has 17 heavy (non-hydrogen) atoms. The molecular weight excluding hydrogens is 278 g/mol. The molecule has 0 bridgehead atoms. The van der Waals surface area contributed by atoms with E-state index in [0.29, 0.717) is 6.54 Å². The molecule has 1 rings (SSSR count). The van der Waals surface area contributed by atoms with Gasteiger partial charge in [-0.2, -0.15) is 0 Å². The van der Waals surface area contributed by atoms with E-state index in [1.807, 2.05) is 31.2 Å². The SMILES string of the molecule is Cc1ccc(C(=O)NCC(C)(C)CCBr)cc1. The van der Waals surface area contributed by atoms with E-state index in [1.54, 1.807) is 0 Å². The summed E-state index contributed by atoms with van der Waals surface area (Å²) in [7, 11) is 0. The highest BCUT2D eigenvalue weighted by atomic mass is 79.9. The van der Waals surface area contributed by atoms with Crippen molar-refractivity contribution >= 4 is 21.8 Å². The van der Waals surface area contributed by atoms with Crippen molar-refractivity contribution in [1.29, 1.82) is 0 Å². The van der Waals surface area contributed by atoms with Crippen LogP contribution in [0.4, 0.5) is 0 Å². The number of hydrogen-bond acceptors (Lipinski definition) is 1. The Hall–Kier alpha value is -0.830. The molecule has 3 heteroatoms. The molecule has 0 atom stereocenters. The van der Waals surface area contributed by atoms with Gasteiger partial charge in [0.05, 0.1) is 0 Å². The molecule has 0 unspecified atom stereocenters. The third-order valence-electron chi connectivity index (χ3n) is 2.81. The van der Waals surface area contributed by atoms with Crippen LogP contribution in [-0.4, -0.2) is 17.8 Å². The molecule has 94 valence electrons. The standard InChI is InChI=1S/C14H20BrNO/c1-11-4-6-12(7-5-11)13(17)16-10-14(2,3)8-9-15/h4-7H,8-10H2,1-3H3,(H,16,17). The molecule has 0 spiro atoms. The van der Waals surface area contributed by atoms with Gasteiger partial charge in [-0.05, 0) is 30.9 Å². The van der Waals surface area contributed by atoms with Crippen LogP contribution in [0.15, 0.2) is 24.3 Å². The number of rotatable bonds is 5. The minimum atomic E-state index is 0.00708. The molecule has 0 fully saturated rings. The van der Waals surface area contributed by atoms with E-state index in [0.717, 1.165) is 17.3 Å². The summed E-state index contributed by atoms with van der Waals surface area (Å²) in [5.74, 6) is 0.00708. The number of amides is 1. The molecule has 1 aromatic rings. The molecule has 1 amide bonds. The first-order chi connectivity index (χ1) is 7.94. The first-order valence-electron chi connectivity index (χ1n) is 5.85. The summed E-state index contributed by atoms with van der Waals surface area (Å²) in [5.41, 5.74) is 2.02. The first kappa shape index (κ1) is 14.2. The number of alkyl halides is 1. The van der Waals surface area contributed by atoms with E-state index < -0.39 is 0 Å². The Balaban J connectivity index is 2.53. The summed E-state index contributed by atoms with van der Waals surface area (Å²) in [6.07, 6.45) is 1.04. The Morgan fingerprint density at radius 2 is 1.88 bits per heavy atom. The van der Waals surface area contributed by atoms with Crippen molar-refractivity contribution in [2.45, 2.75) is 27.2 Å². The molecule has 1 aromatic carbocycles. The fraction of sp³-hybridized carbons (Fsp3) is 0.500. The number of halogens is 1. The van der Waals surface area contributed by atoms with Crippen LogP contribution in [0.2, 0.25) is 0 Å². The molecule has 0 aliphatic heterocycles. The van der Waals surface area contributed by atoms with Crippen molar-refractivity contribution in [2.75, 3.05) is 11.9 Å². The third-order valence-corrected chi connectivity index (χ3v) is 3.21. The van der Waals surface area contributed by atoms with Gasteiger partial charge in [0.15, 0.2) is 0 Å². The molecular formula is C14H20BrNO. The predicted octanol–water partition coefficient (Wildman–Crippen LogP) is 3.54. The second-order valence-corrected chi connectivity index (χ2v) is 5.94. The quantitative estimate of drug-likeness (QED) is 0.828. The average Bonchev–Trinajstić information content (AvgIpc) is 2.27. The van der Waals surface area contributed by atoms with E-state index in [2.05, 4.69) is 35.1 Å². The molecule has 2 nitrogen and oxygen atoms in total. The van der Waals surface area contributed by atoms with Gasteiger partial charge in [0.1, 0.15) is 0 Å². The number of aryl methyl sites for hydroxylation is 1. The highest BCUT2D eigenvalue weighted by Gasteiger charge is 2.18. The van der Waals surface area contributed by atoms with Crippen molar-refractivity contribution in [3.8, 4) is 0 Å². The van der Waals surface area contributed by atoms with Crippen LogP contribution in [0.1, 0.15) is 36.2 Å². The Morgan fingerprint density at radius 1 is 1.29 bits per heavy atom. The lowest BCUT2D eigenvalue weighted by molar-refractivity contribution is 0.0936. The Kier molecular flexibility index (Phi) is 5.19. The first-order valence-corrected chi connectivity index (χ1v) is 6.97. The topological polar surface area (TPSA) is 29.1 Å². The second-order valence-electron chi connectivity index (χ2n) is 5.15. The van der Waals surface area contributed by atoms with Crippen molar-refractivity contribution in [3.63, 3.8) is 0 Å². The van der Waals surface area contributed by atoms with Gasteiger partial charge in [-0.1, -0.05) is 47.5 Å². The summed E-state index contributed by atoms with van der Waals surface area (Å²) >= 11 is 3.43. The maximum Gasteiger partial charge on any atom is 0.251 e. The van der Waals surface area contributed by atoms with Gasteiger partial charge in [0.25, 0.3) is 5.91 Å². The lowest BCUT2D eigenvalue weighted by Crippen LogP contribution is -2.34. The highest BCUT2D eigenvalue weighted by molar-refractivity contribution is 9.09. The number of carbonyl (C=O) groups excluding carboxylic acids is 1. The zero-order chi connectivity index (χ0) is 12.9. The average molecular weight is 298 g/mol. The van der Waals surface area contributed by atoms with E-state index in [4.69, 9.17) is 0 Å². The fourth-order valence-electron chi connectivity index (χ4n) is 1.47. The highest BCUT2D eigenvalue weighted by Crippen LogP contribution is 2.20. The largest absolute Gasteiger partial charge is 0.352 e. The molecule has 1 N–H and O–H groups in total. The lowest BCUT2D eigenvalue weighted by atomic mass is 9.90. The van der Waals surface area contributed by atoms with Gasteiger partial charge < -0.3 is 5.32 Å². The van der Waals surface area contributed by atoms with Gasteiger partial charge >= 0.3 is 0 Å². The summed E-state index contributed by atoms with van der Waals surface area (Å²) < 4.78 is 0. The zero-order valence-electron chi connectivity index (χ0n) is 10.7. The van der Waals surface area contributed by atoms with Crippen LogP contribution in [0, 0.1) is 12.3 Å². The summed E-state index contributed by atoms with van der Waals surface area (Å²) in [4.78, 5) is 11.9. The molecule has 0 saturated carbocycles. The lowest BCUT2D eigenvalue weighted by Gasteiger charge is -2.23. The van der Waals surface area contributed by atoms with Crippen LogP contribution in [-0.2, 0) is 0 Å². The number of hydrogen-bond donors (Lipinski definition) is 1. The van der Waals surface area contributed by atoms with E-state index in [1.165, 1.54) is 5.56 Å². The molecule has 0 aliphatic carbocycles. The van der Waals surface area contributed by atoms with Gasteiger partial charge in [-0.25, -0.2) is 0 Å². The van der Waals surface area contributed by atoms with E-state index in [9.17, 15) is 4.79 Å². The summed E-state index contributed by atoms with van der Waals surface area (Å²) in [5, 5.41) is 3.94. The van der Waals surface area contributed by atoms with Crippen molar-refractivity contribution in [1.82, 2.24) is 5.32 Å². The van der Waals surface area contributed by atoms with Gasteiger partial charge in [-0.3, -0.25) is 4.79 Å². The Labute approximate surface area is 112 Å². The van der Waals surface area contributed by atoms with E-state index in [-0.39, 0.29) is 11.3 Å². The van der Waals surface area contributed by atoms with Crippen LogP contribution in [0.5, 0.6) is 0 Å². The normalized spacial score (nSPS) is 11.3. The van der Waals surface area contributed by atoms with Crippen LogP contribution in [0.25, 0.3) is 0 Å². The summed E-state index contributed by atoms with van der Waals surface area (Å²) in [6.45, 7) is 7.03. The van der Waals surface area contributed by atoms with Crippen LogP contribution < -0.4 is 5.32 Å². The molecule has 0 heterocycles. The monoisotopic (exact) mass is 297 g/mol. The van der Waals surface area contributed by atoms with Gasteiger partial charge in [0, 0.05) is 17.4 Å². The van der Waals surface area contributed by atoms with Crippen molar-refractivity contribution in [3.05, 3.63) is 35.4 Å². The second kappa shape index (κ2) is 6.20. The zero-order valence-corrected chi connectivity index (χ0v) is 12.3. The van der Waals surface area contributed by atoms with Crippen molar-refractivity contribution in [2.24, 2.45) is 5.41 Å². The van der Waals surface area contributed by atoms with Crippen LogP contribution >= 0.6 is 15.9 Å². The number of carbonyl (C=O) groups is 1. The maximum atomic E-state index is 11.9. The van der Waals surface area contributed by atoms with E-state index >= 15 is 0 Å². The number of nitrogens with one attached hydrogen (secondary N) is 1. The molecule has 0 aliphatic rings.